The van der Waals surface area contributed by atoms with Gasteiger partial charge >= 0.3 is 0 Å². The smallest absolute Gasteiger partial charge is 0.259 e. The Kier molecular flexibility index (Phi) is 4.62. The second kappa shape index (κ2) is 6.24. The third-order valence-electron chi connectivity index (χ3n) is 2.60. The van der Waals surface area contributed by atoms with Gasteiger partial charge in [-0.05, 0) is 46.3 Å². The van der Waals surface area contributed by atoms with Crippen molar-refractivity contribution >= 4 is 39.1 Å². The molecule has 0 saturated carbocycles. The Morgan fingerprint density at radius 1 is 1.35 bits per heavy atom. The fourth-order valence-electron chi connectivity index (χ4n) is 1.65. The van der Waals surface area contributed by atoms with Crippen LogP contribution in [0.2, 0.25) is 5.02 Å². The summed E-state index contributed by atoms with van der Waals surface area (Å²) in [6, 6.07) is 9.11. The third kappa shape index (κ3) is 3.11. The first-order valence-electron chi connectivity index (χ1n) is 5.62. The van der Waals surface area contributed by atoms with E-state index >= 15 is 0 Å². The van der Waals surface area contributed by atoms with E-state index in [4.69, 9.17) is 16.3 Å². The standard InChI is InChI=1S/C14H10BrClFNO2/c1-20-12-6-5-8(7-10(12)16)18-14(19)13-9(15)3-2-4-11(13)17/h2-7H,1H3,(H,18,19). The zero-order valence-electron chi connectivity index (χ0n) is 10.4. The zero-order chi connectivity index (χ0) is 14.7. The van der Waals surface area contributed by atoms with Crippen molar-refractivity contribution in [1.82, 2.24) is 0 Å². The number of carbonyl (C=O) groups excluding carboxylic acids is 1. The lowest BCUT2D eigenvalue weighted by molar-refractivity contribution is 0.102. The van der Waals surface area contributed by atoms with Crippen molar-refractivity contribution in [2.75, 3.05) is 12.4 Å². The van der Waals surface area contributed by atoms with Crippen LogP contribution in [0.3, 0.4) is 0 Å². The van der Waals surface area contributed by atoms with Crippen LogP contribution in [-0.4, -0.2) is 13.0 Å². The van der Waals surface area contributed by atoms with Crippen LogP contribution >= 0.6 is 27.5 Å². The van der Waals surface area contributed by atoms with E-state index < -0.39 is 11.7 Å². The number of hydrogen-bond donors (Lipinski definition) is 1. The lowest BCUT2D eigenvalue weighted by atomic mass is 10.2. The van der Waals surface area contributed by atoms with Gasteiger partial charge in [0.05, 0.1) is 17.7 Å². The minimum Gasteiger partial charge on any atom is -0.495 e. The highest BCUT2D eigenvalue weighted by atomic mass is 79.9. The van der Waals surface area contributed by atoms with Crippen molar-refractivity contribution in [3.05, 3.63) is 57.3 Å². The van der Waals surface area contributed by atoms with Crippen molar-refractivity contribution in [3.63, 3.8) is 0 Å². The Labute approximate surface area is 128 Å². The summed E-state index contributed by atoms with van der Waals surface area (Å²) in [6.45, 7) is 0. The SMILES string of the molecule is COc1ccc(NC(=O)c2c(F)cccc2Br)cc1Cl. The predicted octanol–water partition coefficient (Wildman–Crippen LogP) is 4.50. The zero-order valence-corrected chi connectivity index (χ0v) is 12.8. The molecule has 2 aromatic rings. The van der Waals surface area contributed by atoms with E-state index in [0.29, 0.717) is 20.9 Å². The summed E-state index contributed by atoms with van der Waals surface area (Å²) in [6.07, 6.45) is 0. The van der Waals surface area contributed by atoms with E-state index in [9.17, 15) is 9.18 Å². The number of anilines is 1. The van der Waals surface area contributed by atoms with Crippen LogP contribution < -0.4 is 10.1 Å². The van der Waals surface area contributed by atoms with Gasteiger partial charge in [-0.1, -0.05) is 17.7 Å². The van der Waals surface area contributed by atoms with Crippen molar-refractivity contribution in [1.29, 1.82) is 0 Å². The molecule has 104 valence electrons. The predicted molar refractivity (Wildman–Crippen MR) is 80.1 cm³/mol. The molecule has 20 heavy (non-hydrogen) atoms. The Bertz CT molecular complexity index is 643. The molecule has 0 aliphatic rings. The number of methoxy groups -OCH3 is 1. The number of rotatable bonds is 3. The van der Waals surface area contributed by atoms with Crippen LogP contribution in [-0.2, 0) is 0 Å². The molecule has 3 nitrogen and oxygen atoms in total. The largest absolute Gasteiger partial charge is 0.495 e. The quantitative estimate of drug-likeness (QED) is 0.877. The van der Waals surface area contributed by atoms with Crippen LogP contribution in [0.25, 0.3) is 0 Å². The van der Waals surface area contributed by atoms with Crippen LogP contribution in [0.4, 0.5) is 10.1 Å². The molecule has 1 amide bonds. The molecular formula is C14H10BrClFNO2. The maximum absolute atomic E-state index is 13.7. The molecule has 2 aromatic carbocycles. The molecule has 0 aromatic heterocycles. The van der Waals surface area contributed by atoms with E-state index in [2.05, 4.69) is 21.2 Å². The molecule has 6 heteroatoms. The van der Waals surface area contributed by atoms with E-state index in [1.54, 1.807) is 18.2 Å². The molecule has 0 spiro atoms. The van der Waals surface area contributed by atoms with E-state index in [1.165, 1.54) is 25.3 Å². The highest BCUT2D eigenvalue weighted by Gasteiger charge is 2.15. The summed E-state index contributed by atoms with van der Waals surface area (Å²) in [4.78, 5) is 12.1. The Balaban J connectivity index is 2.26. The average molecular weight is 359 g/mol. The summed E-state index contributed by atoms with van der Waals surface area (Å²) < 4.78 is 19.1. The second-order valence-electron chi connectivity index (χ2n) is 3.90. The fourth-order valence-corrected chi connectivity index (χ4v) is 2.43. The number of halogens is 3. The Morgan fingerprint density at radius 3 is 2.70 bits per heavy atom. The highest BCUT2D eigenvalue weighted by molar-refractivity contribution is 9.10. The summed E-state index contributed by atoms with van der Waals surface area (Å²) in [7, 11) is 1.50. The summed E-state index contributed by atoms with van der Waals surface area (Å²) in [5, 5.41) is 2.94. The van der Waals surface area contributed by atoms with Crippen molar-refractivity contribution < 1.29 is 13.9 Å². The molecule has 0 atom stereocenters. The molecule has 0 radical (unpaired) electrons. The van der Waals surface area contributed by atoms with E-state index in [-0.39, 0.29) is 5.56 Å². The molecule has 0 bridgehead atoms. The van der Waals surface area contributed by atoms with Crippen LogP contribution in [0, 0.1) is 5.82 Å². The molecule has 0 aliphatic heterocycles. The number of hydrogen-bond acceptors (Lipinski definition) is 2. The Morgan fingerprint density at radius 2 is 2.10 bits per heavy atom. The number of carbonyl (C=O) groups is 1. The molecule has 2 rings (SSSR count). The van der Waals surface area contributed by atoms with Gasteiger partial charge in [0.25, 0.3) is 5.91 Å². The third-order valence-corrected chi connectivity index (χ3v) is 3.56. The fraction of sp³-hybridized carbons (Fsp3) is 0.0714. The lowest BCUT2D eigenvalue weighted by Crippen LogP contribution is -2.14. The van der Waals surface area contributed by atoms with Crippen molar-refractivity contribution in [2.45, 2.75) is 0 Å². The van der Waals surface area contributed by atoms with Crippen LogP contribution in [0.1, 0.15) is 10.4 Å². The molecular weight excluding hydrogens is 349 g/mol. The summed E-state index contributed by atoms with van der Waals surface area (Å²) in [5.74, 6) is -0.663. The first kappa shape index (κ1) is 14.8. The monoisotopic (exact) mass is 357 g/mol. The number of benzene rings is 2. The second-order valence-corrected chi connectivity index (χ2v) is 5.16. The molecule has 0 fully saturated rings. The van der Waals surface area contributed by atoms with Gasteiger partial charge in [-0.2, -0.15) is 0 Å². The van der Waals surface area contributed by atoms with Crippen LogP contribution in [0.15, 0.2) is 40.9 Å². The Hall–Kier alpha value is -1.59. The number of ether oxygens (including phenoxy) is 1. The molecule has 0 aliphatic carbocycles. The highest BCUT2D eigenvalue weighted by Crippen LogP contribution is 2.28. The molecule has 0 saturated heterocycles. The maximum Gasteiger partial charge on any atom is 0.259 e. The molecule has 1 N–H and O–H groups in total. The minimum atomic E-state index is -0.600. The summed E-state index contributed by atoms with van der Waals surface area (Å²) >= 11 is 9.11. The number of nitrogens with one attached hydrogen (secondary N) is 1. The van der Waals surface area contributed by atoms with Gasteiger partial charge in [-0.25, -0.2) is 4.39 Å². The minimum absolute atomic E-state index is 0.0561. The van der Waals surface area contributed by atoms with Gasteiger partial charge < -0.3 is 10.1 Å². The maximum atomic E-state index is 13.7. The normalized spacial score (nSPS) is 10.2. The lowest BCUT2D eigenvalue weighted by Gasteiger charge is -2.09. The van der Waals surface area contributed by atoms with Crippen molar-refractivity contribution in [3.8, 4) is 5.75 Å². The number of amides is 1. The van der Waals surface area contributed by atoms with Gasteiger partial charge in [0, 0.05) is 10.2 Å². The molecule has 0 unspecified atom stereocenters. The van der Waals surface area contributed by atoms with Crippen molar-refractivity contribution in [2.24, 2.45) is 0 Å². The average Bonchev–Trinajstić information content (AvgIpc) is 2.38. The van der Waals surface area contributed by atoms with Gasteiger partial charge in [0.1, 0.15) is 11.6 Å². The molecule has 0 heterocycles. The van der Waals surface area contributed by atoms with Gasteiger partial charge in [0.2, 0.25) is 0 Å². The van der Waals surface area contributed by atoms with Gasteiger partial charge in [-0.15, -0.1) is 0 Å². The van der Waals surface area contributed by atoms with E-state index in [1.807, 2.05) is 0 Å². The van der Waals surface area contributed by atoms with Crippen LogP contribution in [0.5, 0.6) is 5.75 Å². The topological polar surface area (TPSA) is 38.3 Å². The van der Waals surface area contributed by atoms with E-state index in [0.717, 1.165) is 0 Å². The van der Waals surface area contributed by atoms with Gasteiger partial charge in [0.15, 0.2) is 0 Å². The first-order valence-corrected chi connectivity index (χ1v) is 6.79. The summed E-state index contributed by atoms with van der Waals surface area (Å²) in [5.41, 5.74) is 0.399. The van der Waals surface area contributed by atoms with Gasteiger partial charge in [-0.3, -0.25) is 4.79 Å². The first-order chi connectivity index (χ1) is 9.52.